The molecule has 4 aromatic carbocycles. The number of hydrogen-bond acceptors (Lipinski definition) is 0. The van der Waals surface area contributed by atoms with Crippen molar-refractivity contribution in [3.8, 4) is 0 Å². The Morgan fingerprint density at radius 2 is 1.25 bits per heavy atom. The van der Waals surface area contributed by atoms with Crippen molar-refractivity contribution < 1.29 is 51.0 Å². The zero-order valence-corrected chi connectivity index (χ0v) is 17.8. The van der Waals surface area contributed by atoms with Crippen LogP contribution in [-0.2, 0) is 26.2 Å². The first kappa shape index (κ1) is 23.1. The van der Waals surface area contributed by atoms with Crippen LogP contribution in [0.1, 0.15) is 25.3 Å². The topological polar surface area (TPSA) is 0 Å². The summed E-state index contributed by atoms with van der Waals surface area (Å²) in [7, 11) is 0. The summed E-state index contributed by atoms with van der Waals surface area (Å²) in [5, 5.41) is 5.39. The van der Waals surface area contributed by atoms with Crippen molar-refractivity contribution in [2.45, 2.75) is 19.8 Å². The molecule has 0 unspecified atom stereocenters. The summed E-state index contributed by atoms with van der Waals surface area (Å²) >= 11 is 0. The molecular weight excluding hydrogens is 414 g/mol. The van der Waals surface area contributed by atoms with Gasteiger partial charge in [0.05, 0.1) is 0 Å². The van der Waals surface area contributed by atoms with Gasteiger partial charge in [-0.25, -0.2) is 6.07 Å². The molecule has 0 heterocycles. The van der Waals surface area contributed by atoms with Crippen LogP contribution in [0, 0.1) is 0 Å². The van der Waals surface area contributed by atoms with Crippen LogP contribution in [0.5, 0.6) is 0 Å². The Morgan fingerprint density at radius 1 is 0.750 bits per heavy atom. The number of fused-ring (bicyclic) bond motifs is 3. The second kappa shape index (κ2) is 10.9. The summed E-state index contributed by atoms with van der Waals surface area (Å²) in [6, 6.07) is 27.7. The van der Waals surface area contributed by atoms with Gasteiger partial charge < -0.3 is 24.8 Å². The van der Waals surface area contributed by atoms with Crippen molar-refractivity contribution >= 4 is 21.5 Å². The molecule has 0 spiro atoms. The van der Waals surface area contributed by atoms with E-state index < -0.39 is 0 Å². The third kappa shape index (κ3) is 5.31. The number of halogens is 2. The second-order valence-corrected chi connectivity index (χ2v) is 5.69. The summed E-state index contributed by atoms with van der Waals surface area (Å²) in [6.45, 7) is 4.41. The van der Waals surface area contributed by atoms with Crippen LogP contribution in [0.4, 0.5) is 0 Å². The summed E-state index contributed by atoms with van der Waals surface area (Å²) in [4.78, 5) is 0. The molecule has 0 aliphatic rings. The third-order valence-corrected chi connectivity index (χ3v) is 3.88. The van der Waals surface area contributed by atoms with Crippen molar-refractivity contribution in [2.75, 3.05) is 0 Å². The van der Waals surface area contributed by atoms with Gasteiger partial charge in [-0.15, -0.1) is 39.7 Å². The Labute approximate surface area is 175 Å². The number of rotatable bonds is 1. The predicted octanol–water partition coefficient (Wildman–Crippen LogP) is 0.246. The molecule has 0 amide bonds. The van der Waals surface area contributed by atoms with E-state index in [0.29, 0.717) is 5.92 Å². The molecule has 0 saturated carbocycles. The molecule has 0 radical (unpaired) electrons. The second-order valence-electron chi connectivity index (χ2n) is 5.69. The van der Waals surface area contributed by atoms with Gasteiger partial charge in [-0.1, -0.05) is 56.2 Å². The van der Waals surface area contributed by atoms with Gasteiger partial charge in [-0.3, -0.25) is 0 Å². The van der Waals surface area contributed by atoms with E-state index in [0.717, 1.165) is 0 Å². The van der Waals surface area contributed by atoms with E-state index in [1.54, 1.807) is 0 Å². The van der Waals surface area contributed by atoms with Crippen LogP contribution in [-0.4, -0.2) is 0 Å². The Kier molecular flexibility index (Phi) is 10.5. The predicted molar refractivity (Wildman–Crippen MR) is 93.2 cm³/mol. The van der Waals surface area contributed by atoms with Gasteiger partial charge in [0.25, 0.3) is 0 Å². The zero-order chi connectivity index (χ0) is 14.7. The smallest absolute Gasteiger partial charge is 1.00 e. The van der Waals surface area contributed by atoms with E-state index in [-0.39, 0.29) is 51.0 Å². The normalized spacial score (nSPS) is 9.46. The van der Waals surface area contributed by atoms with Gasteiger partial charge in [-0.2, -0.15) is 23.8 Å². The summed E-state index contributed by atoms with van der Waals surface area (Å²) in [5.41, 5.74) is 1.44. The first-order valence-electron chi connectivity index (χ1n) is 7.50. The van der Waals surface area contributed by atoms with Crippen molar-refractivity contribution in [3.05, 3.63) is 84.4 Å². The average molecular weight is 435 g/mol. The maximum Gasteiger partial charge on any atom is 4.00 e. The fourth-order valence-corrected chi connectivity index (χ4v) is 2.68. The first-order valence-corrected chi connectivity index (χ1v) is 7.50. The van der Waals surface area contributed by atoms with Crippen molar-refractivity contribution in [1.82, 2.24) is 0 Å². The first-order chi connectivity index (χ1) is 10.3. The van der Waals surface area contributed by atoms with Crippen LogP contribution in [0.25, 0.3) is 21.5 Å². The molecule has 0 aromatic heterocycles. The Morgan fingerprint density at radius 3 is 1.62 bits per heavy atom. The standard InChI is InChI=1S/C13H9.C8H11.2ClH.Zr/c1-3-7-12-10(5-1)9-11-6-2-4-8-13(11)12;1-7(2)8-5-3-4-6-8;;;/h1-9H;3-7H,1-2H3;2*1H;/q2*-1;;;+4/p-2. The van der Waals surface area contributed by atoms with Gasteiger partial charge in [0.1, 0.15) is 0 Å². The molecule has 0 bridgehead atoms. The maximum absolute atomic E-state index is 2.24. The SMILES string of the molecule is CC(C)c1cc[cH-]c1.[Cl-].[Cl-].[Zr+4].c1ccc2c(c1)[cH-]c1ccccc12. The van der Waals surface area contributed by atoms with Crippen LogP contribution in [0.15, 0.2) is 78.9 Å². The van der Waals surface area contributed by atoms with E-state index >= 15 is 0 Å². The quantitative estimate of drug-likeness (QED) is 0.377. The molecule has 24 heavy (non-hydrogen) atoms. The molecule has 0 nitrogen and oxygen atoms in total. The molecule has 0 fully saturated rings. The Bertz CT molecular complexity index is 779. The molecule has 0 aliphatic carbocycles. The van der Waals surface area contributed by atoms with Crippen LogP contribution in [0.3, 0.4) is 0 Å². The molecule has 0 atom stereocenters. The van der Waals surface area contributed by atoms with Gasteiger partial charge in [-0.05, 0) is 0 Å². The van der Waals surface area contributed by atoms with Gasteiger partial charge in [0.15, 0.2) is 0 Å². The van der Waals surface area contributed by atoms with Crippen molar-refractivity contribution in [3.63, 3.8) is 0 Å². The largest absolute Gasteiger partial charge is 4.00 e. The van der Waals surface area contributed by atoms with E-state index in [4.69, 9.17) is 0 Å². The molecule has 0 N–H and O–H groups in total. The molecule has 122 valence electrons. The minimum atomic E-state index is 0. The summed E-state index contributed by atoms with van der Waals surface area (Å²) < 4.78 is 0. The van der Waals surface area contributed by atoms with E-state index in [1.165, 1.54) is 27.1 Å². The molecule has 0 aliphatic heterocycles. The number of benzene rings is 2. The Balaban J connectivity index is 0.000000429. The Hall–Kier alpha value is -0.877. The summed E-state index contributed by atoms with van der Waals surface area (Å²) in [5.74, 6) is 0.685. The average Bonchev–Trinajstić information content (AvgIpc) is 3.15. The minimum Gasteiger partial charge on any atom is -1.00 e. The third-order valence-electron chi connectivity index (χ3n) is 3.88. The zero-order valence-electron chi connectivity index (χ0n) is 13.8. The van der Waals surface area contributed by atoms with Crippen LogP contribution < -0.4 is 24.8 Å². The van der Waals surface area contributed by atoms with Gasteiger partial charge in [0, 0.05) is 0 Å². The molecule has 0 saturated heterocycles. The van der Waals surface area contributed by atoms with Crippen LogP contribution in [0.2, 0.25) is 0 Å². The molecule has 3 heteroatoms. The molecule has 4 aromatic rings. The van der Waals surface area contributed by atoms with Crippen molar-refractivity contribution in [2.24, 2.45) is 0 Å². The van der Waals surface area contributed by atoms with Gasteiger partial charge >= 0.3 is 26.2 Å². The van der Waals surface area contributed by atoms with E-state index in [1.807, 2.05) is 0 Å². The number of hydrogen-bond donors (Lipinski definition) is 0. The van der Waals surface area contributed by atoms with E-state index in [2.05, 4.69) is 92.7 Å². The van der Waals surface area contributed by atoms with Crippen LogP contribution >= 0.6 is 0 Å². The van der Waals surface area contributed by atoms with Crippen molar-refractivity contribution in [1.29, 1.82) is 0 Å². The van der Waals surface area contributed by atoms with E-state index in [9.17, 15) is 0 Å². The minimum absolute atomic E-state index is 0. The fourth-order valence-electron chi connectivity index (χ4n) is 2.68. The van der Waals surface area contributed by atoms with Gasteiger partial charge in [0.2, 0.25) is 0 Å². The summed E-state index contributed by atoms with van der Waals surface area (Å²) in [6.07, 6.45) is 0. The monoisotopic (exact) mass is 432 g/mol. The fraction of sp³-hybridized carbons (Fsp3) is 0.143. The molecular formula is C21H20Cl2Zr. The maximum atomic E-state index is 2.24. The molecule has 4 rings (SSSR count).